The molecule has 0 spiro atoms. The molecule has 1 unspecified atom stereocenters. The molecule has 5 nitrogen and oxygen atoms in total. The average Bonchev–Trinajstić information content (AvgIpc) is 3.32. The van der Waals surface area contributed by atoms with E-state index in [0.29, 0.717) is 19.8 Å². The average molecular weight is 330 g/mol. The molecule has 1 aromatic rings. The lowest BCUT2D eigenvalue weighted by atomic mass is 9.78. The molecule has 0 aromatic heterocycles. The van der Waals surface area contributed by atoms with Gasteiger partial charge in [0.2, 0.25) is 5.91 Å². The van der Waals surface area contributed by atoms with Gasteiger partial charge in [0.25, 0.3) is 0 Å². The van der Waals surface area contributed by atoms with Crippen LogP contribution in [0, 0.1) is 0 Å². The lowest BCUT2D eigenvalue weighted by Crippen LogP contribution is -2.46. The molecule has 2 heterocycles. The normalized spacial score (nSPS) is 24.8. The first-order valence-corrected chi connectivity index (χ1v) is 9.18. The van der Waals surface area contributed by atoms with Crippen molar-refractivity contribution >= 4 is 5.91 Å². The molecular formula is C19H26N2O3. The summed E-state index contributed by atoms with van der Waals surface area (Å²) in [5.41, 5.74) is 1.30. The van der Waals surface area contributed by atoms with Crippen molar-refractivity contribution in [1.29, 1.82) is 0 Å². The Bertz CT molecular complexity index is 605. The van der Waals surface area contributed by atoms with Crippen LogP contribution >= 0.6 is 0 Å². The summed E-state index contributed by atoms with van der Waals surface area (Å²) in [6.45, 7) is 2.88. The van der Waals surface area contributed by atoms with Crippen LogP contribution in [0.15, 0.2) is 18.2 Å². The summed E-state index contributed by atoms with van der Waals surface area (Å²) < 4.78 is 11.4. The van der Waals surface area contributed by atoms with Gasteiger partial charge in [-0.3, -0.25) is 4.79 Å². The third-order valence-corrected chi connectivity index (χ3v) is 5.69. The minimum absolute atomic E-state index is 0.0104. The van der Waals surface area contributed by atoms with Gasteiger partial charge in [-0.1, -0.05) is 18.9 Å². The van der Waals surface area contributed by atoms with Crippen LogP contribution in [-0.2, 0) is 10.2 Å². The van der Waals surface area contributed by atoms with Gasteiger partial charge in [0.1, 0.15) is 13.2 Å². The number of benzene rings is 1. The molecule has 0 bridgehead atoms. The monoisotopic (exact) mass is 330 g/mol. The van der Waals surface area contributed by atoms with Crippen LogP contribution < -0.4 is 20.1 Å². The van der Waals surface area contributed by atoms with E-state index < -0.39 is 0 Å². The summed E-state index contributed by atoms with van der Waals surface area (Å²) in [6.07, 6.45) is 6.70. The number of rotatable bonds is 4. The Morgan fingerprint density at radius 3 is 2.71 bits per heavy atom. The Balaban J connectivity index is 1.51. The molecule has 2 N–H and O–H groups in total. The lowest BCUT2D eigenvalue weighted by Gasteiger charge is -2.31. The van der Waals surface area contributed by atoms with Gasteiger partial charge in [-0.2, -0.15) is 0 Å². The first kappa shape index (κ1) is 15.8. The van der Waals surface area contributed by atoms with Crippen LogP contribution in [-0.4, -0.2) is 38.3 Å². The second kappa shape index (κ2) is 6.63. The van der Waals surface area contributed by atoms with E-state index in [2.05, 4.69) is 22.8 Å². The van der Waals surface area contributed by atoms with E-state index in [-0.39, 0.29) is 17.4 Å². The fraction of sp³-hybridized carbons (Fsp3) is 0.632. The van der Waals surface area contributed by atoms with Crippen molar-refractivity contribution in [3.8, 4) is 11.5 Å². The molecular weight excluding hydrogens is 304 g/mol. The lowest BCUT2D eigenvalue weighted by molar-refractivity contribution is -0.123. The van der Waals surface area contributed by atoms with E-state index in [1.165, 1.54) is 18.4 Å². The number of hydrogen-bond donors (Lipinski definition) is 2. The van der Waals surface area contributed by atoms with Crippen molar-refractivity contribution in [3.63, 3.8) is 0 Å². The van der Waals surface area contributed by atoms with E-state index >= 15 is 0 Å². The highest BCUT2D eigenvalue weighted by Gasteiger charge is 2.37. The van der Waals surface area contributed by atoms with Crippen LogP contribution in [0.4, 0.5) is 0 Å². The van der Waals surface area contributed by atoms with Crippen molar-refractivity contribution in [2.45, 2.75) is 50.0 Å². The van der Waals surface area contributed by atoms with Crippen molar-refractivity contribution in [3.05, 3.63) is 23.8 Å². The number of fused-ring (bicyclic) bond motifs is 1. The molecule has 2 aliphatic heterocycles. The molecule has 5 heteroatoms. The fourth-order valence-electron chi connectivity index (χ4n) is 4.28. The SMILES string of the molecule is O=C(NCC1(c2ccc3c(c2)OCCO3)CCCC1)C1CCCN1. The van der Waals surface area contributed by atoms with E-state index in [1.807, 2.05) is 6.07 Å². The predicted molar refractivity (Wildman–Crippen MR) is 91.6 cm³/mol. The zero-order valence-corrected chi connectivity index (χ0v) is 14.1. The van der Waals surface area contributed by atoms with Gasteiger partial charge in [0.15, 0.2) is 11.5 Å². The predicted octanol–water partition coefficient (Wildman–Crippen LogP) is 2.14. The Labute approximate surface area is 143 Å². The first-order valence-electron chi connectivity index (χ1n) is 9.18. The van der Waals surface area contributed by atoms with Crippen LogP contribution in [0.5, 0.6) is 11.5 Å². The Morgan fingerprint density at radius 1 is 1.17 bits per heavy atom. The molecule has 130 valence electrons. The van der Waals surface area contributed by atoms with Crippen molar-refractivity contribution in [1.82, 2.24) is 10.6 Å². The standard InChI is InChI=1S/C19H26N2O3/c22-18(15-4-3-9-20-15)21-13-19(7-1-2-8-19)14-5-6-16-17(12-14)24-11-10-23-16/h5-6,12,15,20H,1-4,7-11,13H2,(H,21,22). The molecule has 1 aromatic carbocycles. The topological polar surface area (TPSA) is 59.6 Å². The minimum atomic E-state index is -0.0104. The summed E-state index contributed by atoms with van der Waals surface area (Å²) in [5.74, 6) is 1.82. The van der Waals surface area contributed by atoms with Gasteiger partial charge in [0, 0.05) is 12.0 Å². The van der Waals surface area contributed by atoms with E-state index in [1.54, 1.807) is 0 Å². The highest BCUT2D eigenvalue weighted by Crippen LogP contribution is 2.43. The van der Waals surface area contributed by atoms with Crippen molar-refractivity contribution < 1.29 is 14.3 Å². The smallest absolute Gasteiger partial charge is 0.237 e. The molecule has 2 fully saturated rings. The Kier molecular flexibility index (Phi) is 4.35. The molecule has 4 rings (SSSR count). The van der Waals surface area contributed by atoms with Gasteiger partial charge < -0.3 is 20.1 Å². The molecule has 1 aliphatic carbocycles. The highest BCUT2D eigenvalue weighted by atomic mass is 16.6. The molecule has 1 saturated heterocycles. The van der Waals surface area contributed by atoms with Gasteiger partial charge in [-0.25, -0.2) is 0 Å². The third kappa shape index (κ3) is 2.97. The molecule has 1 amide bonds. The van der Waals surface area contributed by atoms with E-state index in [9.17, 15) is 4.79 Å². The maximum absolute atomic E-state index is 12.4. The molecule has 3 aliphatic rings. The van der Waals surface area contributed by atoms with Gasteiger partial charge in [-0.05, 0) is 49.9 Å². The highest BCUT2D eigenvalue weighted by molar-refractivity contribution is 5.82. The zero-order valence-electron chi connectivity index (χ0n) is 14.1. The van der Waals surface area contributed by atoms with Crippen molar-refractivity contribution in [2.24, 2.45) is 0 Å². The van der Waals surface area contributed by atoms with Crippen molar-refractivity contribution in [2.75, 3.05) is 26.3 Å². The second-order valence-corrected chi connectivity index (χ2v) is 7.21. The maximum Gasteiger partial charge on any atom is 0.237 e. The van der Waals surface area contributed by atoms with E-state index in [4.69, 9.17) is 9.47 Å². The van der Waals surface area contributed by atoms with Crippen LogP contribution in [0.3, 0.4) is 0 Å². The molecule has 24 heavy (non-hydrogen) atoms. The number of hydrogen-bond acceptors (Lipinski definition) is 4. The van der Waals surface area contributed by atoms with Crippen LogP contribution in [0.25, 0.3) is 0 Å². The fourth-order valence-corrected chi connectivity index (χ4v) is 4.28. The number of carbonyl (C=O) groups is 1. The molecule has 0 radical (unpaired) electrons. The minimum Gasteiger partial charge on any atom is -0.486 e. The van der Waals surface area contributed by atoms with Gasteiger partial charge in [-0.15, -0.1) is 0 Å². The summed E-state index contributed by atoms with van der Waals surface area (Å²) in [5, 5.41) is 6.49. The quantitative estimate of drug-likeness (QED) is 0.888. The second-order valence-electron chi connectivity index (χ2n) is 7.21. The first-order chi connectivity index (χ1) is 11.8. The number of nitrogens with one attached hydrogen (secondary N) is 2. The maximum atomic E-state index is 12.4. The summed E-state index contributed by atoms with van der Waals surface area (Å²) in [7, 11) is 0. The van der Waals surface area contributed by atoms with Crippen LogP contribution in [0.2, 0.25) is 0 Å². The Hall–Kier alpha value is -1.75. The number of ether oxygens (including phenoxy) is 2. The summed E-state index contributed by atoms with van der Waals surface area (Å²) >= 11 is 0. The molecule has 1 saturated carbocycles. The van der Waals surface area contributed by atoms with Gasteiger partial charge in [0.05, 0.1) is 6.04 Å². The van der Waals surface area contributed by atoms with E-state index in [0.717, 1.165) is 43.7 Å². The number of carbonyl (C=O) groups excluding carboxylic acids is 1. The summed E-state index contributed by atoms with van der Waals surface area (Å²) in [4.78, 5) is 12.4. The van der Waals surface area contributed by atoms with Crippen LogP contribution in [0.1, 0.15) is 44.1 Å². The largest absolute Gasteiger partial charge is 0.486 e. The zero-order chi connectivity index (χ0) is 16.4. The van der Waals surface area contributed by atoms with Gasteiger partial charge >= 0.3 is 0 Å². The Morgan fingerprint density at radius 2 is 1.96 bits per heavy atom. The number of amides is 1. The summed E-state index contributed by atoms with van der Waals surface area (Å²) in [6, 6.07) is 6.28. The molecule has 1 atom stereocenters. The third-order valence-electron chi connectivity index (χ3n) is 5.69.